The number of carbonyl (C=O) groups excluding carboxylic acids is 1. The highest BCUT2D eigenvalue weighted by atomic mass is 16.5. The Morgan fingerprint density at radius 2 is 1.90 bits per heavy atom. The van der Waals surface area contributed by atoms with Gasteiger partial charge < -0.3 is 19.7 Å². The number of anilines is 1. The molecule has 0 aliphatic carbocycles. The van der Waals surface area contributed by atoms with Crippen molar-refractivity contribution in [2.75, 3.05) is 18.5 Å². The molecule has 2 N–H and O–H groups in total. The molecule has 0 bridgehead atoms. The van der Waals surface area contributed by atoms with E-state index in [1.54, 1.807) is 12.3 Å². The van der Waals surface area contributed by atoms with Crippen molar-refractivity contribution in [3.05, 3.63) is 78.2 Å². The molecule has 2 aliphatic rings. The Labute approximate surface area is 180 Å². The van der Waals surface area contributed by atoms with Crippen LogP contribution in [0.4, 0.5) is 5.69 Å². The second-order valence-corrected chi connectivity index (χ2v) is 7.32. The molecule has 158 valence electrons. The molecular weight excluding hydrogens is 392 g/mol. The van der Waals surface area contributed by atoms with Gasteiger partial charge in [-0.1, -0.05) is 49.0 Å². The number of nitrogens with one attached hydrogen (secondary N) is 1. The maximum atomic E-state index is 11.7. The topological polar surface area (TPSA) is 84.6 Å². The highest BCUT2D eigenvalue weighted by Gasteiger charge is 2.24. The first-order chi connectivity index (χ1) is 15.1. The van der Waals surface area contributed by atoms with Crippen molar-refractivity contribution in [2.45, 2.75) is 19.8 Å². The number of ether oxygens (including phenoxy) is 1. The van der Waals surface area contributed by atoms with Crippen LogP contribution in [-0.4, -0.2) is 29.4 Å². The van der Waals surface area contributed by atoms with Crippen molar-refractivity contribution < 1.29 is 19.2 Å². The van der Waals surface area contributed by atoms with Gasteiger partial charge in [-0.15, -0.1) is 0 Å². The summed E-state index contributed by atoms with van der Waals surface area (Å²) in [5.41, 5.74) is 6.84. The molecule has 0 spiro atoms. The smallest absolute Gasteiger partial charge is 0.255 e. The van der Waals surface area contributed by atoms with Crippen LogP contribution < -0.4 is 5.32 Å². The first-order valence-corrected chi connectivity index (χ1v) is 10.2. The third-order valence-corrected chi connectivity index (χ3v) is 5.37. The fraction of sp³-hybridized carbons (Fsp3) is 0.200. The minimum absolute atomic E-state index is 0.141. The molecule has 0 saturated carbocycles. The lowest BCUT2D eigenvalue weighted by Gasteiger charge is -2.14. The van der Waals surface area contributed by atoms with Gasteiger partial charge in [0.05, 0.1) is 24.6 Å². The van der Waals surface area contributed by atoms with Crippen LogP contribution in [0.2, 0.25) is 0 Å². The highest BCUT2D eigenvalue weighted by molar-refractivity contribution is 6.31. The van der Waals surface area contributed by atoms with Crippen LogP contribution in [0.5, 0.6) is 5.75 Å². The molecule has 5 rings (SSSR count). The molecule has 0 saturated heterocycles. The van der Waals surface area contributed by atoms with Gasteiger partial charge in [0.25, 0.3) is 5.91 Å². The summed E-state index contributed by atoms with van der Waals surface area (Å²) < 4.78 is 9.90. The fourth-order valence-electron chi connectivity index (χ4n) is 3.57. The standard InChI is InChI=1S/C20H17NO3.C5H7NO/c1-12-16-10-17(19(22)11-18(16)21-20(12)23)15-4-2-13(3-5-15)14-6-8-24-9-7-14;1-2-5-3-4-7-6-5/h2-6,10-11,22H,1,7-9H2,(H,21,23);3-4H,2H2,1H3. The first-order valence-electron chi connectivity index (χ1n) is 10.2. The van der Waals surface area contributed by atoms with Crippen LogP contribution in [-0.2, 0) is 16.0 Å². The highest BCUT2D eigenvalue weighted by Crippen LogP contribution is 2.40. The van der Waals surface area contributed by atoms with E-state index in [0.717, 1.165) is 36.3 Å². The summed E-state index contributed by atoms with van der Waals surface area (Å²) in [6.45, 7) is 7.25. The number of aryl methyl sites for hydroxylation is 1. The molecule has 2 aromatic carbocycles. The Morgan fingerprint density at radius 1 is 1.13 bits per heavy atom. The summed E-state index contributed by atoms with van der Waals surface area (Å²) in [7, 11) is 0. The second-order valence-electron chi connectivity index (χ2n) is 7.32. The summed E-state index contributed by atoms with van der Waals surface area (Å²) >= 11 is 0. The minimum Gasteiger partial charge on any atom is -0.507 e. The van der Waals surface area contributed by atoms with Gasteiger partial charge >= 0.3 is 0 Å². The zero-order chi connectivity index (χ0) is 21.8. The average Bonchev–Trinajstić information content (AvgIpc) is 3.43. The zero-order valence-corrected chi connectivity index (χ0v) is 17.4. The zero-order valence-electron chi connectivity index (χ0n) is 17.4. The molecular formula is C25H24N2O4. The molecule has 6 heteroatoms. The van der Waals surface area contributed by atoms with Gasteiger partial charge in [0.15, 0.2) is 0 Å². The normalized spacial score (nSPS) is 14.9. The van der Waals surface area contributed by atoms with Crippen LogP contribution in [0.15, 0.2) is 65.9 Å². The number of nitrogens with zero attached hydrogens (tertiary/aromatic N) is 1. The van der Waals surface area contributed by atoms with Gasteiger partial charge in [-0.3, -0.25) is 4.79 Å². The third-order valence-electron chi connectivity index (χ3n) is 5.37. The van der Waals surface area contributed by atoms with Crippen molar-refractivity contribution in [1.29, 1.82) is 0 Å². The average molecular weight is 416 g/mol. The Morgan fingerprint density at radius 3 is 2.52 bits per heavy atom. The van der Waals surface area contributed by atoms with E-state index in [0.29, 0.717) is 23.4 Å². The number of amides is 1. The van der Waals surface area contributed by atoms with Crippen molar-refractivity contribution in [3.63, 3.8) is 0 Å². The van der Waals surface area contributed by atoms with E-state index in [4.69, 9.17) is 4.74 Å². The molecule has 2 aliphatic heterocycles. The SMILES string of the molecule is C=C1C(=O)Nc2cc(O)c(-c3ccc(C4=CCOCC4)cc3)cc21.CCc1ccon1. The van der Waals surface area contributed by atoms with Crippen LogP contribution in [0.1, 0.15) is 30.2 Å². The molecule has 0 atom stereocenters. The number of benzene rings is 2. The van der Waals surface area contributed by atoms with E-state index in [9.17, 15) is 9.90 Å². The number of aromatic hydroxyl groups is 1. The number of hydrogen-bond donors (Lipinski definition) is 2. The summed E-state index contributed by atoms with van der Waals surface area (Å²) in [4.78, 5) is 11.7. The largest absolute Gasteiger partial charge is 0.507 e. The second kappa shape index (κ2) is 9.02. The monoisotopic (exact) mass is 416 g/mol. The Kier molecular flexibility index (Phi) is 6.00. The maximum absolute atomic E-state index is 11.7. The fourth-order valence-corrected chi connectivity index (χ4v) is 3.57. The number of phenolic OH excluding ortho intramolecular Hbond substituents is 1. The van der Waals surface area contributed by atoms with E-state index >= 15 is 0 Å². The maximum Gasteiger partial charge on any atom is 0.255 e. The molecule has 3 aromatic rings. The van der Waals surface area contributed by atoms with Crippen LogP contribution in [0, 0.1) is 0 Å². The van der Waals surface area contributed by atoms with Crippen molar-refractivity contribution in [3.8, 4) is 16.9 Å². The molecule has 0 unspecified atom stereocenters. The lowest BCUT2D eigenvalue weighted by Crippen LogP contribution is -2.03. The number of carbonyl (C=O) groups is 1. The first kappa shape index (κ1) is 20.6. The summed E-state index contributed by atoms with van der Waals surface area (Å²) in [6.07, 6.45) is 5.55. The minimum atomic E-state index is -0.219. The quantitative estimate of drug-likeness (QED) is 0.583. The summed E-state index contributed by atoms with van der Waals surface area (Å²) in [6, 6.07) is 13.3. The van der Waals surface area contributed by atoms with Crippen LogP contribution in [0.25, 0.3) is 22.3 Å². The van der Waals surface area contributed by atoms with E-state index in [-0.39, 0.29) is 11.7 Å². The number of aromatic nitrogens is 1. The Hall–Kier alpha value is -3.64. The number of fused-ring (bicyclic) bond motifs is 1. The molecule has 31 heavy (non-hydrogen) atoms. The Balaban J connectivity index is 0.000000282. The van der Waals surface area contributed by atoms with E-state index in [1.165, 1.54) is 11.1 Å². The Bertz CT molecular complexity index is 1130. The van der Waals surface area contributed by atoms with Gasteiger partial charge in [0, 0.05) is 28.8 Å². The predicted molar refractivity (Wildman–Crippen MR) is 121 cm³/mol. The van der Waals surface area contributed by atoms with Crippen LogP contribution in [0.3, 0.4) is 0 Å². The molecule has 6 nitrogen and oxygen atoms in total. The number of phenols is 1. The third kappa shape index (κ3) is 4.44. The summed E-state index contributed by atoms with van der Waals surface area (Å²) in [5, 5.41) is 16.7. The molecule has 0 radical (unpaired) electrons. The van der Waals surface area contributed by atoms with Crippen molar-refractivity contribution in [1.82, 2.24) is 5.16 Å². The lowest BCUT2D eigenvalue weighted by atomic mass is 9.95. The summed E-state index contributed by atoms with van der Waals surface area (Å²) in [5.74, 6) is -0.0786. The molecule has 3 heterocycles. The van der Waals surface area contributed by atoms with Crippen molar-refractivity contribution in [2.24, 2.45) is 0 Å². The molecule has 1 amide bonds. The van der Waals surface area contributed by atoms with Gasteiger partial charge in [-0.25, -0.2) is 0 Å². The van der Waals surface area contributed by atoms with E-state index in [2.05, 4.69) is 39.8 Å². The predicted octanol–water partition coefficient (Wildman–Crippen LogP) is 5.07. The van der Waals surface area contributed by atoms with Gasteiger partial charge in [0.1, 0.15) is 12.0 Å². The lowest BCUT2D eigenvalue weighted by molar-refractivity contribution is -0.110. The van der Waals surface area contributed by atoms with Gasteiger partial charge in [-0.2, -0.15) is 0 Å². The van der Waals surface area contributed by atoms with Crippen molar-refractivity contribution >= 4 is 22.7 Å². The van der Waals surface area contributed by atoms with E-state index < -0.39 is 0 Å². The molecule has 0 fully saturated rings. The number of rotatable bonds is 3. The van der Waals surface area contributed by atoms with E-state index in [1.807, 2.05) is 31.2 Å². The van der Waals surface area contributed by atoms with Gasteiger partial charge in [0.2, 0.25) is 0 Å². The van der Waals surface area contributed by atoms with Crippen LogP contribution >= 0.6 is 0 Å². The number of hydrogen-bond acceptors (Lipinski definition) is 5. The molecule has 1 aromatic heterocycles. The van der Waals surface area contributed by atoms with Gasteiger partial charge in [-0.05, 0) is 35.6 Å².